The van der Waals surface area contributed by atoms with Crippen LogP contribution in [0.4, 0.5) is 0 Å². The molecule has 1 atom stereocenters. The number of carbonyl (C=O) groups excluding carboxylic acids is 1. The summed E-state index contributed by atoms with van der Waals surface area (Å²) < 4.78 is 5.11. The monoisotopic (exact) mass is 237 g/mol. The van der Waals surface area contributed by atoms with Gasteiger partial charge in [0.1, 0.15) is 5.75 Å². The van der Waals surface area contributed by atoms with E-state index in [4.69, 9.17) is 4.74 Å². The second-order valence-corrected chi connectivity index (χ2v) is 4.87. The van der Waals surface area contributed by atoms with E-state index in [2.05, 4.69) is 5.32 Å². The van der Waals surface area contributed by atoms with Crippen molar-refractivity contribution < 1.29 is 9.53 Å². The molecule has 16 heavy (non-hydrogen) atoms. The van der Waals surface area contributed by atoms with Crippen molar-refractivity contribution in [2.75, 3.05) is 18.6 Å². The van der Waals surface area contributed by atoms with Gasteiger partial charge in [0, 0.05) is 17.9 Å². The van der Waals surface area contributed by atoms with Crippen molar-refractivity contribution in [3.63, 3.8) is 0 Å². The predicted molar refractivity (Wildman–Crippen MR) is 65.8 cm³/mol. The van der Waals surface area contributed by atoms with Crippen molar-refractivity contribution >= 4 is 17.7 Å². The average molecular weight is 237 g/mol. The quantitative estimate of drug-likeness (QED) is 0.855. The molecule has 0 aliphatic carbocycles. The first kappa shape index (κ1) is 11.3. The van der Waals surface area contributed by atoms with E-state index in [1.165, 1.54) is 0 Å². The number of thioether (sulfide) groups is 1. The van der Waals surface area contributed by atoms with Gasteiger partial charge in [-0.3, -0.25) is 4.79 Å². The zero-order chi connectivity index (χ0) is 11.4. The molecule has 1 heterocycles. The highest BCUT2D eigenvalue weighted by atomic mass is 32.2. The number of nitrogens with one attached hydrogen (secondary N) is 1. The van der Waals surface area contributed by atoms with Gasteiger partial charge in [0.25, 0.3) is 0 Å². The van der Waals surface area contributed by atoms with Crippen LogP contribution in [0.3, 0.4) is 0 Å². The highest BCUT2D eigenvalue weighted by Crippen LogP contribution is 2.23. The van der Waals surface area contributed by atoms with Crippen LogP contribution in [0.1, 0.15) is 18.0 Å². The lowest BCUT2D eigenvalue weighted by atomic mass is 10.1. The summed E-state index contributed by atoms with van der Waals surface area (Å²) >= 11 is 1.82. The van der Waals surface area contributed by atoms with Crippen LogP contribution in [0.15, 0.2) is 24.3 Å². The molecule has 0 aromatic heterocycles. The molecule has 86 valence electrons. The molecule has 1 N–H and O–H groups in total. The minimum Gasteiger partial charge on any atom is -0.497 e. The van der Waals surface area contributed by atoms with Crippen molar-refractivity contribution in [1.82, 2.24) is 5.32 Å². The van der Waals surface area contributed by atoms with Crippen LogP contribution in [-0.4, -0.2) is 24.5 Å². The van der Waals surface area contributed by atoms with Crippen LogP contribution in [-0.2, 0) is 4.79 Å². The predicted octanol–water partition coefficient (Wildman–Crippen LogP) is 1.99. The maximum Gasteiger partial charge on any atom is 0.221 e. The molecule has 3 nitrogen and oxygen atoms in total. The maximum atomic E-state index is 11.4. The first-order valence-electron chi connectivity index (χ1n) is 5.30. The molecule has 0 saturated carbocycles. The zero-order valence-corrected chi connectivity index (χ0v) is 10.0. The van der Waals surface area contributed by atoms with Crippen molar-refractivity contribution in [2.45, 2.75) is 12.5 Å². The number of rotatable bonds is 2. The van der Waals surface area contributed by atoms with Crippen LogP contribution in [0, 0.1) is 0 Å². The molecule has 0 radical (unpaired) electrons. The van der Waals surface area contributed by atoms with Gasteiger partial charge in [0.05, 0.1) is 13.2 Å². The number of hydrogen-bond donors (Lipinski definition) is 1. The lowest BCUT2D eigenvalue weighted by Gasteiger charge is -2.15. The van der Waals surface area contributed by atoms with Crippen molar-refractivity contribution in [2.24, 2.45) is 0 Å². The third-order valence-electron chi connectivity index (χ3n) is 2.61. The molecule has 1 unspecified atom stereocenters. The Labute approximate surface area is 99.6 Å². The van der Waals surface area contributed by atoms with Gasteiger partial charge in [-0.2, -0.15) is 11.8 Å². The highest BCUT2D eigenvalue weighted by Gasteiger charge is 2.17. The molecule has 1 aliphatic rings. The molecule has 1 aromatic rings. The zero-order valence-electron chi connectivity index (χ0n) is 9.23. The molecular formula is C12H15NO2S. The Morgan fingerprint density at radius 3 is 2.81 bits per heavy atom. The van der Waals surface area contributed by atoms with E-state index in [9.17, 15) is 4.79 Å². The largest absolute Gasteiger partial charge is 0.497 e. The summed E-state index contributed by atoms with van der Waals surface area (Å²) in [6.07, 6.45) is 0.622. The molecular weight excluding hydrogens is 222 g/mol. The summed E-state index contributed by atoms with van der Waals surface area (Å²) in [6, 6.07) is 8.00. The minimum absolute atomic E-state index is 0.130. The smallest absolute Gasteiger partial charge is 0.221 e. The number of carbonyl (C=O) groups is 1. The molecule has 1 amide bonds. The Bertz CT molecular complexity index is 364. The van der Waals surface area contributed by atoms with Gasteiger partial charge in [-0.25, -0.2) is 0 Å². The molecule has 1 aliphatic heterocycles. The van der Waals surface area contributed by atoms with Gasteiger partial charge >= 0.3 is 0 Å². The second kappa shape index (κ2) is 5.25. The summed E-state index contributed by atoms with van der Waals surface area (Å²) in [5, 5.41) is 3.03. The summed E-state index contributed by atoms with van der Waals surface area (Å²) in [5.74, 6) is 2.85. The van der Waals surface area contributed by atoms with Crippen molar-refractivity contribution in [1.29, 1.82) is 0 Å². The Morgan fingerprint density at radius 1 is 1.38 bits per heavy atom. The normalized spacial score (nSPS) is 21.1. The fraction of sp³-hybridized carbons (Fsp3) is 0.417. The van der Waals surface area contributed by atoms with Crippen molar-refractivity contribution in [3.05, 3.63) is 29.8 Å². The number of hydrogen-bond acceptors (Lipinski definition) is 3. The highest BCUT2D eigenvalue weighted by molar-refractivity contribution is 7.99. The van der Waals surface area contributed by atoms with Gasteiger partial charge in [-0.15, -0.1) is 0 Å². The van der Waals surface area contributed by atoms with Crippen LogP contribution < -0.4 is 10.1 Å². The van der Waals surface area contributed by atoms with Gasteiger partial charge < -0.3 is 10.1 Å². The van der Waals surface area contributed by atoms with Crippen molar-refractivity contribution in [3.8, 4) is 5.75 Å². The molecule has 1 saturated heterocycles. The van der Waals surface area contributed by atoms with E-state index in [-0.39, 0.29) is 11.9 Å². The average Bonchev–Trinajstić information content (AvgIpc) is 2.54. The van der Waals surface area contributed by atoms with E-state index in [0.29, 0.717) is 6.42 Å². The molecule has 0 spiro atoms. The summed E-state index contributed by atoms with van der Waals surface area (Å²) in [6.45, 7) is 0. The lowest BCUT2D eigenvalue weighted by Crippen LogP contribution is -2.27. The maximum absolute atomic E-state index is 11.4. The molecule has 1 aromatic carbocycles. The first-order chi connectivity index (χ1) is 7.79. The van der Waals surface area contributed by atoms with E-state index in [1.807, 2.05) is 36.0 Å². The second-order valence-electron chi connectivity index (χ2n) is 3.72. The van der Waals surface area contributed by atoms with E-state index in [0.717, 1.165) is 22.8 Å². The standard InChI is InChI=1S/C12H15NO2S/c1-15-10-4-2-9(3-5-10)11-8-16-7-6-12(14)13-11/h2-5,11H,6-8H2,1H3,(H,13,14). The van der Waals surface area contributed by atoms with Gasteiger partial charge in [0.2, 0.25) is 5.91 Å². The van der Waals surface area contributed by atoms with E-state index >= 15 is 0 Å². The van der Waals surface area contributed by atoms with E-state index in [1.54, 1.807) is 7.11 Å². The number of benzene rings is 1. The molecule has 1 fully saturated rings. The van der Waals surface area contributed by atoms with E-state index < -0.39 is 0 Å². The van der Waals surface area contributed by atoms with Gasteiger partial charge in [-0.05, 0) is 17.7 Å². The van der Waals surface area contributed by atoms with Gasteiger partial charge in [0.15, 0.2) is 0 Å². The van der Waals surface area contributed by atoms with Gasteiger partial charge in [-0.1, -0.05) is 12.1 Å². The number of ether oxygens (including phenoxy) is 1. The summed E-state index contributed by atoms with van der Waals surface area (Å²) in [4.78, 5) is 11.4. The fourth-order valence-electron chi connectivity index (χ4n) is 1.69. The third kappa shape index (κ3) is 2.70. The fourth-order valence-corrected chi connectivity index (χ4v) is 2.70. The van der Waals surface area contributed by atoms with Crippen LogP contribution in [0.5, 0.6) is 5.75 Å². The SMILES string of the molecule is COc1ccc(C2CSCCC(=O)N2)cc1. The number of methoxy groups -OCH3 is 1. The third-order valence-corrected chi connectivity index (χ3v) is 3.67. The molecule has 0 bridgehead atoms. The lowest BCUT2D eigenvalue weighted by molar-refractivity contribution is -0.121. The summed E-state index contributed by atoms with van der Waals surface area (Å²) in [5.41, 5.74) is 1.14. The van der Waals surface area contributed by atoms with Crippen LogP contribution in [0.2, 0.25) is 0 Å². The molecule has 4 heteroatoms. The Morgan fingerprint density at radius 2 is 2.12 bits per heavy atom. The Hall–Kier alpha value is -1.16. The van der Waals surface area contributed by atoms with Crippen LogP contribution in [0.25, 0.3) is 0 Å². The molecule has 2 rings (SSSR count). The van der Waals surface area contributed by atoms with Crippen LogP contribution >= 0.6 is 11.8 Å². The topological polar surface area (TPSA) is 38.3 Å². The minimum atomic E-state index is 0.130. The Balaban J connectivity index is 2.12. The summed E-state index contributed by atoms with van der Waals surface area (Å²) in [7, 11) is 1.65. The number of amides is 1. The first-order valence-corrected chi connectivity index (χ1v) is 6.46. The Kier molecular flexibility index (Phi) is 3.72.